The lowest BCUT2D eigenvalue weighted by Crippen LogP contribution is -2.43. The van der Waals surface area contributed by atoms with Crippen LogP contribution in [-0.4, -0.2) is 21.0 Å². The Bertz CT molecular complexity index is 1240. The van der Waals surface area contributed by atoms with E-state index >= 15 is 0 Å². The molecule has 0 saturated heterocycles. The molecule has 0 aliphatic carbocycles. The van der Waals surface area contributed by atoms with Crippen molar-refractivity contribution in [1.29, 1.82) is 0 Å². The van der Waals surface area contributed by atoms with E-state index in [-0.39, 0.29) is 16.8 Å². The molecule has 0 fully saturated rings. The van der Waals surface area contributed by atoms with Crippen LogP contribution in [0.5, 0.6) is 0 Å². The number of hydrogen-bond acceptors (Lipinski definition) is 3. The van der Waals surface area contributed by atoms with Crippen LogP contribution in [0.3, 0.4) is 0 Å². The van der Waals surface area contributed by atoms with Crippen molar-refractivity contribution in [1.82, 2.24) is 20.8 Å². The SMILES string of the molecule is Cc1cc2nc(-c3ccc(C(=O)NNC(=S)Nc4cccc(F)c4)cc3)[nH]c2cc1C. The Hall–Kier alpha value is -3.78. The van der Waals surface area contributed by atoms with Gasteiger partial charge in [-0.15, -0.1) is 0 Å². The summed E-state index contributed by atoms with van der Waals surface area (Å²) in [7, 11) is 0. The van der Waals surface area contributed by atoms with Crippen molar-refractivity contribution in [2.45, 2.75) is 13.8 Å². The topological polar surface area (TPSA) is 81.8 Å². The van der Waals surface area contributed by atoms with Crippen molar-refractivity contribution in [3.05, 3.63) is 83.2 Å². The molecule has 0 saturated carbocycles. The maximum Gasteiger partial charge on any atom is 0.269 e. The highest BCUT2D eigenvalue weighted by molar-refractivity contribution is 7.80. The molecule has 1 amide bonds. The minimum atomic E-state index is -0.383. The van der Waals surface area contributed by atoms with Crippen LogP contribution in [0.1, 0.15) is 21.5 Å². The summed E-state index contributed by atoms with van der Waals surface area (Å²) in [5.74, 6) is 0.00278. The van der Waals surface area contributed by atoms with E-state index in [1.165, 1.54) is 23.3 Å². The fourth-order valence-corrected chi connectivity index (χ4v) is 3.27. The molecule has 6 nitrogen and oxygen atoms in total. The van der Waals surface area contributed by atoms with E-state index in [0.29, 0.717) is 11.3 Å². The number of imidazole rings is 1. The molecule has 0 radical (unpaired) electrons. The maximum atomic E-state index is 13.2. The summed E-state index contributed by atoms with van der Waals surface area (Å²) in [4.78, 5) is 20.3. The molecule has 1 aromatic heterocycles. The number of benzene rings is 3. The molecule has 4 N–H and O–H groups in total. The molecule has 156 valence electrons. The Morgan fingerprint density at radius 3 is 2.48 bits per heavy atom. The summed E-state index contributed by atoms with van der Waals surface area (Å²) >= 11 is 5.11. The Morgan fingerprint density at radius 1 is 1.00 bits per heavy atom. The Morgan fingerprint density at radius 2 is 1.74 bits per heavy atom. The van der Waals surface area contributed by atoms with Gasteiger partial charge < -0.3 is 10.3 Å². The number of amides is 1. The first-order valence-electron chi connectivity index (χ1n) is 9.59. The van der Waals surface area contributed by atoms with Gasteiger partial charge in [-0.05, 0) is 79.7 Å². The minimum absolute atomic E-state index is 0.142. The van der Waals surface area contributed by atoms with Crippen LogP contribution in [0.2, 0.25) is 0 Å². The van der Waals surface area contributed by atoms with Crippen molar-refractivity contribution >= 4 is 40.0 Å². The van der Waals surface area contributed by atoms with Crippen LogP contribution < -0.4 is 16.2 Å². The van der Waals surface area contributed by atoms with Crippen molar-refractivity contribution in [3.63, 3.8) is 0 Å². The van der Waals surface area contributed by atoms with Crippen molar-refractivity contribution < 1.29 is 9.18 Å². The number of carbonyl (C=O) groups excluding carboxylic acids is 1. The summed E-state index contributed by atoms with van der Waals surface area (Å²) in [6.45, 7) is 4.12. The van der Waals surface area contributed by atoms with E-state index in [9.17, 15) is 9.18 Å². The molecule has 1 heterocycles. The zero-order valence-electron chi connectivity index (χ0n) is 16.9. The summed E-state index contributed by atoms with van der Waals surface area (Å²) in [6, 6.07) is 17.1. The van der Waals surface area contributed by atoms with Crippen LogP contribution in [-0.2, 0) is 0 Å². The first kappa shape index (κ1) is 20.5. The second-order valence-corrected chi connectivity index (χ2v) is 7.57. The fraction of sp³-hybridized carbons (Fsp3) is 0.0870. The maximum absolute atomic E-state index is 13.2. The number of carbonyl (C=O) groups is 1. The Kier molecular flexibility index (Phi) is 5.64. The number of rotatable bonds is 3. The van der Waals surface area contributed by atoms with Gasteiger partial charge in [-0.3, -0.25) is 15.6 Å². The molecule has 8 heteroatoms. The normalized spacial score (nSPS) is 10.7. The lowest BCUT2D eigenvalue weighted by molar-refractivity contribution is 0.0944. The number of nitrogens with one attached hydrogen (secondary N) is 4. The number of hydrogen-bond donors (Lipinski definition) is 4. The lowest BCUT2D eigenvalue weighted by Gasteiger charge is -2.11. The number of halogens is 1. The first-order valence-corrected chi connectivity index (χ1v) is 10.0. The molecule has 0 bridgehead atoms. The number of aromatic nitrogens is 2. The first-order chi connectivity index (χ1) is 14.9. The summed E-state index contributed by atoms with van der Waals surface area (Å²) < 4.78 is 13.2. The number of fused-ring (bicyclic) bond motifs is 1. The highest BCUT2D eigenvalue weighted by atomic mass is 32.1. The zero-order valence-corrected chi connectivity index (χ0v) is 17.7. The standard InChI is InChI=1S/C23H20FN5OS/c1-13-10-19-20(11-14(13)2)27-21(26-19)15-6-8-16(9-7-15)22(30)28-29-23(31)25-18-5-3-4-17(24)12-18/h3-12H,1-2H3,(H,26,27)(H,28,30)(H2,25,29,31). The second kappa shape index (κ2) is 8.53. The van der Waals surface area contributed by atoms with Crippen LogP contribution in [0.15, 0.2) is 60.7 Å². The number of hydrazine groups is 1. The highest BCUT2D eigenvalue weighted by Gasteiger charge is 2.10. The molecule has 4 aromatic rings. The van der Waals surface area contributed by atoms with Crippen LogP contribution in [0.4, 0.5) is 10.1 Å². The predicted octanol–water partition coefficient (Wildman–Crippen LogP) is 4.62. The number of anilines is 1. The van der Waals surface area contributed by atoms with Gasteiger partial charge in [0.05, 0.1) is 11.0 Å². The number of aryl methyl sites for hydroxylation is 2. The van der Waals surface area contributed by atoms with Crippen LogP contribution in [0, 0.1) is 19.7 Å². The van der Waals surface area contributed by atoms with Gasteiger partial charge in [0.2, 0.25) is 0 Å². The van der Waals surface area contributed by atoms with E-state index in [2.05, 4.69) is 52.1 Å². The van der Waals surface area contributed by atoms with E-state index < -0.39 is 0 Å². The summed E-state index contributed by atoms with van der Waals surface area (Å²) in [5, 5.41) is 2.94. The van der Waals surface area contributed by atoms with E-state index in [0.717, 1.165) is 22.4 Å². The Labute approximate surface area is 183 Å². The molecular weight excluding hydrogens is 413 g/mol. The van der Waals surface area contributed by atoms with Gasteiger partial charge in [-0.1, -0.05) is 18.2 Å². The van der Waals surface area contributed by atoms with E-state index in [1.54, 1.807) is 24.3 Å². The van der Waals surface area contributed by atoms with Gasteiger partial charge in [-0.25, -0.2) is 9.37 Å². The predicted molar refractivity (Wildman–Crippen MR) is 124 cm³/mol. The molecule has 3 aromatic carbocycles. The summed E-state index contributed by atoms with van der Waals surface area (Å²) in [6.07, 6.45) is 0. The number of nitrogens with zero attached hydrogens (tertiary/aromatic N) is 1. The van der Waals surface area contributed by atoms with Gasteiger partial charge in [0.15, 0.2) is 5.11 Å². The second-order valence-electron chi connectivity index (χ2n) is 7.16. The van der Waals surface area contributed by atoms with Crippen molar-refractivity contribution in [2.75, 3.05) is 5.32 Å². The average Bonchev–Trinajstić information content (AvgIpc) is 3.15. The molecule has 0 aliphatic heterocycles. The van der Waals surface area contributed by atoms with Gasteiger partial charge in [0.1, 0.15) is 11.6 Å². The number of H-pyrrole nitrogens is 1. The zero-order chi connectivity index (χ0) is 22.0. The highest BCUT2D eigenvalue weighted by Crippen LogP contribution is 2.23. The van der Waals surface area contributed by atoms with Crippen LogP contribution >= 0.6 is 12.2 Å². The molecule has 0 atom stereocenters. The molecule has 31 heavy (non-hydrogen) atoms. The quantitative estimate of drug-likeness (QED) is 0.280. The van der Waals surface area contributed by atoms with Gasteiger partial charge in [0, 0.05) is 16.8 Å². The fourth-order valence-electron chi connectivity index (χ4n) is 3.10. The van der Waals surface area contributed by atoms with E-state index in [1.807, 2.05) is 12.1 Å². The van der Waals surface area contributed by atoms with Crippen molar-refractivity contribution in [2.24, 2.45) is 0 Å². The van der Waals surface area contributed by atoms with Crippen LogP contribution in [0.25, 0.3) is 22.4 Å². The van der Waals surface area contributed by atoms with Crippen molar-refractivity contribution in [3.8, 4) is 11.4 Å². The molecule has 0 spiro atoms. The molecular formula is C23H20FN5OS. The smallest absolute Gasteiger partial charge is 0.269 e. The monoisotopic (exact) mass is 433 g/mol. The third-order valence-corrected chi connectivity index (χ3v) is 5.09. The minimum Gasteiger partial charge on any atom is -0.338 e. The third-order valence-electron chi connectivity index (χ3n) is 4.89. The van der Waals surface area contributed by atoms with Gasteiger partial charge in [0.25, 0.3) is 5.91 Å². The average molecular weight is 434 g/mol. The summed E-state index contributed by atoms with van der Waals surface area (Å²) in [5.41, 5.74) is 11.2. The molecule has 0 aliphatic rings. The van der Waals surface area contributed by atoms with Gasteiger partial charge in [-0.2, -0.15) is 0 Å². The third kappa shape index (κ3) is 4.70. The number of thiocarbonyl (C=S) groups is 1. The van der Waals surface area contributed by atoms with E-state index in [4.69, 9.17) is 12.2 Å². The molecule has 0 unspecified atom stereocenters. The lowest BCUT2D eigenvalue weighted by atomic mass is 10.1. The number of aromatic amines is 1. The molecule has 4 rings (SSSR count). The largest absolute Gasteiger partial charge is 0.338 e. The Balaban J connectivity index is 1.39. The van der Waals surface area contributed by atoms with Gasteiger partial charge >= 0.3 is 0 Å².